The van der Waals surface area contributed by atoms with Gasteiger partial charge in [-0.05, 0) is 85.1 Å². The van der Waals surface area contributed by atoms with E-state index in [1.54, 1.807) is 0 Å². The molecular formula is C46H33N3. The molecule has 49 heavy (non-hydrogen) atoms. The molecule has 7 aromatic carbocycles. The minimum Gasteiger partial charge on any atom is -0.310 e. The van der Waals surface area contributed by atoms with Crippen LogP contribution >= 0.6 is 0 Å². The molecule has 10 rings (SSSR count). The van der Waals surface area contributed by atoms with Gasteiger partial charge in [0.1, 0.15) is 0 Å². The van der Waals surface area contributed by atoms with Gasteiger partial charge in [-0.1, -0.05) is 109 Å². The summed E-state index contributed by atoms with van der Waals surface area (Å²) < 4.78 is 4.90. The number of rotatable bonds is 5. The number of anilines is 3. The molecule has 0 atom stereocenters. The van der Waals surface area contributed by atoms with Crippen molar-refractivity contribution in [2.45, 2.75) is 12.8 Å². The van der Waals surface area contributed by atoms with E-state index in [9.17, 15) is 0 Å². The van der Waals surface area contributed by atoms with E-state index in [1.807, 2.05) is 0 Å². The van der Waals surface area contributed by atoms with Crippen LogP contribution in [0.15, 0.2) is 170 Å². The van der Waals surface area contributed by atoms with Crippen LogP contribution in [0.3, 0.4) is 0 Å². The summed E-state index contributed by atoms with van der Waals surface area (Å²) in [6.07, 6.45) is 6.72. The molecule has 0 bridgehead atoms. The molecule has 0 radical (unpaired) electrons. The van der Waals surface area contributed by atoms with Crippen LogP contribution in [0.4, 0.5) is 17.1 Å². The molecule has 2 aromatic heterocycles. The minimum absolute atomic E-state index is 1.00. The quantitative estimate of drug-likeness (QED) is 0.185. The van der Waals surface area contributed by atoms with Crippen molar-refractivity contribution in [3.8, 4) is 11.4 Å². The maximum atomic E-state index is 2.49. The molecule has 2 heterocycles. The van der Waals surface area contributed by atoms with Gasteiger partial charge >= 0.3 is 0 Å². The van der Waals surface area contributed by atoms with Crippen LogP contribution in [0.5, 0.6) is 0 Å². The Balaban J connectivity index is 1.31. The summed E-state index contributed by atoms with van der Waals surface area (Å²) in [4.78, 5) is 2.42. The number of nitrogens with zero attached hydrogens (tertiary/aromatic N) is 3. The summed E-state index contributed by atoms with van der Waals surface area (Å²) in [7, 11) is 0. The number of aromatic nitrogens is 2. The van der Waals surface area contributed by atoms with Gasteiger partial charge in [0.15, 0.2) is 0 Å². The van der Waals surface area contributed by atoms with Crippen LogP contribution in [0.25, 0.3) is 61.1 Å². The predicted molar refractivity (Wildman–Crippen MR) is 207 cm³/mol. The average molecular weight is 628 g/mol. The molecule has 0 fully saturated rings. The van der Waals surface area contributed by atoms with Gasteiger partial charge in [0.05, 0.1) is 27.8 Å². The third kappa shape index (κ3) is 4.29. The molecule has 3 heteroatoms. The van der Waals surface area contributed by atoms with Crippen molar-refractivity contribution in [1.29, 1.82) is 0 Å². The fourth-order valence-electron chi connectivity index (χ4n) is 8.08. The van der Waals surface area contributed by atoms with Gasteiger partial charge in [0.2, 0.25) is 0 Å². The molecule has 0 aliphatic heterocycles. The van der Waals surface area contributed by atoms with Gasteiger partial charge in [-0.15, -0.1) is 0 Å². The van der Waals surface area contributed by atoms with Gasteiger partial charge in [-0.3, -0.25) is 0 Å². The zero-order valence-corrected chi connectivity index (χ0v) is 27.0. The van der Waals surface area contributed by atoms with Crippen molar-refractivity contribution < 1.29 is 0 Å². The largest absolute Gasteiger partial charge is 0.310 e. The summed E-state index contributed by atoms with van der Waals surface area (Å²) in [5, 5.41) is 5.17. The van der Waals surface area contributed by atoms with E-state index in [1.165, 1.54) is 60.4 Å². The van der Waals surface area contributed by atoms with E-state index in [-0.39, 0.29) is 0 Å². The minimum atomic E-state index is 1.00. The number of hydrogen-bond acceptors (Lipinski definition) is 1. The summed E-state index contributed by atoms with van der Waals surface area (Å²) in [6, 6.07) is 59.4. The first-order chi connectivity index (χ1) is 24.3. The maximum absolute atomic E-state index is 2.49. The maximum Gasteiger partial charge on any atom is 0.0565 e. The number of para-hydroxylation sites is 5. The molecule has 1 aliphatic carbocycles. The fourth-order valence-corrected chi connectivity index (χ4v) is 8.08. The van der Waals surface area contributed by atoms with Crippen LogP contribution in [-0.4, -0.2) is 9.13 Å². The molecule has 0 N–H and O–H groups in total. The molecule has 232 valence electrons. The number of allylic oxidation sites excluding steroid dienone is 1. The molecule has 0 saturated heterocycles. The molecule has 0 amide bonds. The van der Waals surface area contributed by atoms with Crippen molar-refractivity contribution in [1.82, 2.24) is 9.13 Å². The Kier molecular flexibility index (Phi) is 6.31. The summed E-state index contributed by atoms with van der Waals surface area (Å²) in [5.74, 6) is 0. The second kappa shape index (κ2) is 11.1. The zero-order valence-electron chi connectivity index (χ0n) is 27.0. The monoisotopic (exact) mass is 627 g/mol. The lowest BCUT2D eigenvalue weighted by Gasteiger charge is -2.29. The molecule has 0 spiro atoms. The second-order valence-corrected chi connectivity index (χ2v) is 12.9. The second-order valence-electron chi connectivity index (χ2n) is 12.9. The van der Waals surface area contributed by atoms with Crippen molar-refractivity contribution in [3.63, 3.8) is 0 Å². The smallest absolute Gasteiger partial charge is 0.0565 e. The third-order valence-electron chi connectivity index (χ3n) is 10.1. The van der Waals surface area contributed by atoms with E-state index in [0.29, 0.717) is 0 Å². The number of fused-ring (bicyclic) bond motifs is 8. The lowest BCUT2D eigenvalue weighted by molar-refractivity contribution is 0.995. The van der Waals surface area contributed by atoms with Crippen LogP contribution < -0.4 is 4.90 Å². The molecular weight excluding hydrogens is 595 g/mol. The highest BCUT2D eigenvalue weighted by atomic mass is 15.1. The molecule has 1 aliphatic rings. The Morgan fingerprint density at radius 1 is 0.449 bits per heavy atom. The van der Waals surface area contributed by atoms with Crippen molar-refractivity contribution >= 4 is 66.7 Å². The Morgan fingerprint density at radius 3 is 1.73 bits per heavy atom. The first-order valence-corrected chi connectivity index (χ1v) is 17.1. The van der Waals surface area contributed by atoms with E-state index < -0.39 is 0 Å². The molecule has 3 nitrogen and oxygen atoms in total. The van der Waals surface area contributed by atoms with E-state index >= 15 is 0 Å². The molecule has 9 aromatic rings. The highest BCUT2D eigenvalue weighted by Gasteiger charge is 2.25. The van der Waals surface area contributed by atoms with E-state index in [4.69, 9.17) is 0 Å². The Hall–Kier alpha value is -6.32. The van der Waals surface area contributed by atoms with Crippen LogP contribution in [-0.2, 0) is 6.42 Å². The van der Waals surface area contributed by atoms with Crippen LogP contribution in [0.1, 0.15) is 17.5 Å². The highest BCUT2D eigenvalue weighted by Crippen LogP contribution is 2.46. The topological polar surface area (TPSA) is 13.1 Å². The Bertz CT molecular complexity index is 2660. The SMILES string of the molecule is C1=Cc2c(N(c3ccccc3)c3ccccc3)cc3c(c2CC1)c1ccccc1n3-c1ccc2c3ccccc3n(-c3ccccc3)c2c1. The van der Waals surface area contributed by atoms with Crippen molar-refractivity contribution in [2.24, 2.45) is 0 Å². The lowest BCUT2D eigenvalue weighted by Crippen LogP contribution is -2.13. The third-order valence-corrected chi connectivity index (χ3v) is 10.1. The standard InChI is InChI=1S/C46H33N3/c1-4-16-32(17-5-1)47(33-18-6-2-7-19-33)44-31-45-46(39-24-11-10-23-37(39)44)40-25-13-15-27-42(40)49(45)35-28-29-38-36-22-12-14-26-41(36)48(43(38)30-35)34-20-8-3-9-21-34/h1-10,12-23,25-31H,11,24H2. The van der Waals surface area contributed by atoms with E-state index in [2.05, 4.69) is 190 Å². The number of hydrogen-bond donors (Lipinski definition) is 0. The number of benzene rings is 7. The predicted octanol–water partition coefficient (Wildman–Crippen LogP) is 12.3. The Morgan fingerprint density at radius 2 is 1.02 bits per heavy atom. The summed E-state index contributed by atoms with van der Waals surface area (Å²) in [5.41, 5.74) is 13.4. The van der Waals surface area contributed by atoms with Gasteiger partial charge < -0.3 is 14.0 Å². The normalized spacial score (nSPS) is 12.7. The van der Waals surface area contributed by atoms with Gasteiger partial charge in [0, 0.05) is 49.9 Å². The summed E-state index contributed by atoms with van der Waals surface area (Å²) in [6.45, 7) is 0. The lowest BCUT2D eigenvalue weighted by atomic mass is 9.90. The first kappa shape index (κ1) is 27.8. The van der Waals surface area contributed by atoms with Crippen molar-refractivity contribution in [2.75, 3.05) is 4.90 Å². The van der Waals surface area contributed by atoms with Crippen molar-refractivity contribution in [3.05, 3.63) is 181 Å². The van der Waals surface area contributed by atoms with Gasteiger partial charge in [-0.25, -0.2) is 0 Å². The van der Waals surface area contributed by atoms with E-state index in [0.717, 1.165) is 35.6 Å². The number of aryl methyl sites for hydroxylation is 1. The molecule has 0 unspecified atom stereocenters. The van der Waals surface area contributed by atoms with Gasteiger partial charge in [-0.2, -0.15) is 0 Å². The van der Waals surface area contributed by atoms with Crippen LogP contribution in [0.2, 0.25) is 0 Å². The zero-order chi connectivity index (χ0) is 32.3. The highest BCUT2D eigenvalue weighted by molar-refractivity contribution is 6.15. The summed E-state index contributed by atoms with van der Waals surface area (Å²) >= 11 is 0. The first-order valence-electron chi connectivity index (χ1n) is 17.1. The Labute approximate surface area is 285 Å². The van der Waals surface area contributed by atoms with Crippen LogP contribution in [0, 0.1) is 0 Å². The van der Waals surface area contributed by atoms with Gasteiger partial charge in [0.25, 0.3) is 0 Å². The molecule has 0 saturated carbocycles. The average Bonchev–Trinajstić information content (AvgIpc) is 3.69. The fraction of sp³-hybridized carbons (Fsp3) is 0.0435.